The molecule has 5 rings (SSSR count). The van der Waals surface area contributed by atoms with Crippen LogP contribution in [0.2, 0.25) is 0 Å². The van der Waals surface area contributed by atoms with Gasteiger partial charge in [-0.3, -0.25) is 24.5 Å². The van der Waals surface area contributed by atoms with Gasteiger partial charge in [-0.05, 0) is 54.3 Å². The molecule has 0 radical (unpaired) electrons. The Morgan fingerprint density at radius 3 is 2.76 bits per heavy atom. The Morgan fingerprint density at radius 2 is 2.03 bits per heavy atom. The number of aryl methyl sites for hydroxylation is 1. The van der Waals surface area contributed by atoms with Crippen molar-refractivity contribution < 1.29 is 23.9 Å². The number of ether oxygens (including phenoxy) is 1. The molecule has 9 nitrogen and oxygen atoms in total. The molecule has 4 amide bonds. The number of hydrogen-bond acceptors (Lipinski definition) is 5. The van der Waals surface area contributed by atoms with Crippen LogP contribution in [0, 0.1) is 0 Å². The summed E-state index contributed by atoms with van der Waals surface area (Å²) in [4.78, 5) is 54.4. The van der Waals surface area contributed by atoms with Crippen molar-refractivity contribution >= 4 is 40.2 Å². The predicted octanol–water partition coefficient (Wildman–Crippen LogP) is 2.75. The molecule has 0 aliphatic carbocycles. The monoisotopic (exact) mass is 460 g/mol. The third kappa shape index (κ3) is 3.49. The van der Waals surface area contributed by atoms with Crippen LogP contribution in [0.1, 0.15) is 51.7 Å². The van der Waals surface area contributed by atoms with Gasteiger partial charge >= 0.3 is 0 Å². The molecular weight excluding hydrogens is 436 g/mol. The second-order valence-corrected chi connectivity index (χ2v) is 8.44. The summed E-state index contributed by atoms with van der Waals surface area (Å²) in [6.07, 6.45) is 1.15. The third-order valence-electron chi connectivity index (χ3n) is 6.47. The lowest BCUT2D eigenvalue weighted by atomic mass is 10.0. The molecule has 1 aromatic heterocycles. The standard InChI is InChI=1S/C25H24N4O5/c1-3-15-21-17(5-4-6-19(21)34-2)27-22(15)24(32)26-14-7-8-16-13(11-14)12-29(25(16)33)18-9-10-20(30)28-23(18)31/h4-8,11,18,27H,3,9-10,12H2,1-2H3,(H,26,32)(H,28,30,31). The lowest BCUT2D eigenvalue weighted by Gasteiger charge is -2.29. The van der Waals surface area contributed by atoms with E-state index >= 15 is 0 Å². The van der Waals surface area contributed by atoms with Gasteiger partial charge in [-0.25, -0.2) is 0 Å². The number of hydrogen-bond donors (Lipinski definition) is 3. The minimum absolute atomic E-state index is 0.201. The number of anilines is 1. The molecule has 1 saturated heterocycles. The highest BCUT2D eigenvalue weighted by atomic mass is 16.5. The summed E-state index contributed by atoms with van der Waals surface area (Å²) in [5, 5.41) is 6.10. The van der Waals surface area contributed by atoms with Gasteiger partial charge in [-0.15, -0.1) is 0 Å². The summed E-state index contributed by atoms with van der Waals surface area (Å²) in [5.41, 5.74) is 3.91. The number of nitrogens with zero attached hydrogens (tertiary/aromatic N) is 1. The van der Waals surface area contributed by atoms with Gasteiger partial charge in [-0.2, -0.15) is 0 Å². The van der Waals surface area contributed by atoms with E-state index in [4.69, 9.17) is 4.74 Å². The van der Waals surface area contributed by atoms with E-state index in [-0.39, 0.29) is 30.7 Å². The number of aromatic nitrogens is 1. The number of nitrogens with one attached hydrogen (secondary N) is 3. The van der Waals surface area contributed by atoms with E-state index in [2.05, 4.69) is 15.6 Å². The van der Waals surface area contributed by atoms with Crippen molar-refractivity contribution in [2.24, 2.45) is 0 Å². The van der Waals surface area contributed by atoms with Gasteiger partial charge in [0.15, 0.2) is 0 Å². The number of methoxy groups -OCH3 is 1. The third-order valence-corrected chi connectivity index (χ3v) is 6.47. The zero-order chi connectivity index (χ0) is 24.0. The number of benzene rings is 2. The Kier molecular flexibility index (Phi) is 5.31. The van der Waals surface area contributed by atoms with Crippen LogP contribution in [0.25, 0.3) is 10.9 Å². The Morgan fingerprint density at radius 1 is 1.21 bits per heavy atom. The van der Waals surface area contributed by atoms with Gasteiger partial charge < -0.3 is 19.9 Å². The van der Waals surface area contributed by atoms with E-state index in [1.54, 1.807) is 25.3 Å². The van der Waals surface area contributed by atoms with Crippen LogP contribution in [0.4, 0.5) is 5.69 Å². The Hall–Kier alpha value is -4.14. The maximum absolute atomic E-state index is 13.2. The first-order valence-electron chi connectivity index (χ1n) is 11.2. The van der Waals surface area contributed by atoms with Crippen LogP contribution in [-0.2, 0) is 22.6 Å². The van der Waals surface area contributed by atoms with Crippen molar-refractivity contribution in [3.63, 3.8) is 0 Å². The molecule has 2 aliphatic heterocycles. The van der Waals surface area contributed by atoms with Crippen molar-refractivity contribution in [1.82, 2.24) is 15.2 Å². The average molecular weight is 460 g/mol. The van der Waals surface area contributed by atoms with E-state index < -0.39 is 11.9 Å². The molecule has 3 heterocycles. The molecule has 1 fully saturated rings. The Balaban J connectivity index is 1.39. The van der Waals surface area contributed by atoms with Crippen LogP contribution >= 0.6 is 0 Å². The molecule has 3 N–H and O–H groups in total. The summed E-state index contributed by atoms with van der Waals surface area (Å²) in [7, 11) is 1.60. The second kappa shape index (κ2) is 8.33. The molecule has 1 unspecified atom stereocenters. The molecule has 3 aromatic rings. The summed E-state index contributed by atoms with van der Waals surface area (Å²) >= 11 is 0. The summed E-state index contributed by atoms with van der Waals surface area (Å²) < 4.78 is 5.48. The average Bonchev–Trinajstić information content (AvgIpc) is 3.36. The molecule has 2 aliphatic rings. The summed E-state index contributed by atoms with van der Waals surface area (Å²) in [6.45, 7) is 2.23. The topological polar surface area (TPSA) is 121 Å². The number of H-pyrrole nitrogens is 1. The number of carbonyl (C=O) groups is 4. The van der Waals surface area contributed by atoms with Crippen molar-refractivity contribution in [2.75, 3.05) is 12.4 Å². The first-order chi connectivity index (χ1) is 16.4. The molecule has 2 aromatic carbocycles. The van der Waals surface area contributed by atoms with Crippen LogP contribution in [0.5, 0.6) is 5.75 Å². The Labute approximate surface area is 195 Å². The first-order valence-corrected chi connectivity index (χ1v) is 11.2. The van der Waals surface area contributed by atoms with Gasteiger partial charge in [0, 0.05) is 29.6 Å². The lowest BCUT2D eigenvalue weighted by Crippen LogP contribution is -2.52. The molecule has 0 spiro atoms. The van der Waals surface area contributed by atoms with Crippen molar-refractivity contribution in [2.45, 2.75) is 38.8 Å². The molecule has 1 atom stereocenters. The number of aromatic amines is 1. The summed E-state index contributed by atoms with van der Waals surface area (Å²) in [6, 6.07) is 10.0. The lowest BCUT2D eigenvalue weighted by molar-refractivity contribution is -0.136. The van der Waals surface area contributed by atoms with Gasteiger partial charge in [-0.1, -0.05) is 13.0 Å². The van der Waals surface area contributed by atoms with Gasteiger partial charge in [0.2, 0.25) is 11.8 Å². The fourth-order valence-electron chi connectivity index (χ4n) is 4.84. The molecule has 0 bridgehead atoms. The van der Waals surface area contributed by atoms with Crippen molar-refractivity contribution in [3.05, 3.63) is 58.8 Å². The van der Waals surface area contributed by atoms with E-state index in [1.165, 1.54) is 4.90 Å². The van der Waals surface area contributed by atoms with E-state index in [0.717, 1.165) is 22.0 Å². The highest BCUT2D eigenvalue weighted by molar-refractivity contribution is 6.10. The van der Waals surface area contributed by atoms with Gasteiger partial charge in [0.25, 0.3) is 11.8 Å². The van der Waals surface area contributed by atoms with E-state index in [9.17, 15) is 19.2 Å². The number of carbonyl (C=O) groups excluding carboxylic acids is 4. The van der Waals surface area contributed by atoms with Crippen LogP contribution in [-0.4, -0.2) is 46.7 Å². The molecule has 174 valence electrons. The van der Waals surface area contributed by atoms with Gasteiger partial charge in [0.05, 0.1) is 12.6 Å². The molecule has 0 saturated carbocycles. The highest BCUT2D eigenvalue weighted by Gasteiger charge is 2.39. The largest absolute Gasteiger partial charge is 0.496 e. The predicted molar refractivity (Wildman–Crippen MR) is 125 cm³/mol. The molecular formula is C25H24N4O5. The zero-order valence-corrected chi connectivity index (χ0v) is 18.9. The minimum atomic E-state index is -0.677. The van der Waals surface area contributed by atoms with Gasteiger partial charge in [0.1, 0.15) is 17.5 Å². The zero-order valence-electron chi connectivity index (χ0n) is 18.9. The number of piperidine rings is 1. The fraction of sp³-hybridized carbons (Fsp3) is 0.280. The normalized spacial score (nSPS) is 17.6. The quantitative estimate of drug-likeness (QED) is 0.506. The smallest absolute Gasteiger partial charge is 0.272 e. The number of rotatable bonds is 5. The van der Waals surface area contributed by atoms with E-state index in [0.29, 0.717) is 35.5 Å². The van der Waals surface area contributed by atoms with Crippen molar-refractivity contribution in [3.8, 4) is 5.75 Å². The fourth-order valence-corrected chi connectivity index (χ4v) is 4.84. The number of imide groups is 1. The SMILES string of the molecule is CCc1c(C(=O)Nc2ccc3c(c2)CN(C2CCC(=O)NC2=O)C3=O)[nH]c2cccc(OC)c12. The summed E-state index contributed by atoms with van der Waals surface area (Å²) in [5.74, 6) is -0.613. The Bertz CT molecular complexity index is 1360. The molecule has 9 heteroatoms. The number of amides is 4. The van der Waals surface area contributed by atoms with Crippen LogP contribution in [0.3, 0.4) is 0 Å². The van der Waals surface area contributed by atoms with E-state index in [1.807, 2.05) is 25.1 Å². The highest BCUT2D eigenvalue weighted by Crippen LogP contribution is 2.33. The maximum Gasteiger partial charge on any atom is 0.272 e. The van der Waals surface area contributed by atoms with Crippen LogP contribution in [0.15, 0.2) is 36.4 Å². The minimum Gasteiger partial charge on any atom is -0.496 e. The maximum atomic E-state index is 13.2. The molecule has 34 heavy (non-hydrogen) atoms. The number of fused-ring (bicyclic) bond motifs is 2. The van der Waals surface area contributed by atoms with Crippen molar-refractivity contribution in [1.29, 1.82) is 0 Å². The first kappa shape index (κ1) is 21.7. The van der Waals surface area contributed by atoms with Crippen LogP contribution < -0.4 is 15.4 Å². The second-order valence-electron chi connectivity index (χ2n) is 8.44.